The van der Waals surface area contributed by atoms with Gasteiger partial charge in [-0.2, -0.15) is 39.7 Å². The predicted molar refractivity (Wildman–Crippen MR) is 579 cm³/mol. The third-order valence-electron chi connectivity index (χ3n) is 28.0. The summed E-state index contributed by atoms with van der Waals surface area (Å²) in [5.41, 5.74) is 17.5. The number of aryl methyl sites for hydroxylation is 10. The second kappa shape index (κ2) is 50.4. The van der Waals surface area contributed by atoms with E-state index in [4.69, 9.17) is 51.1 Å². The fourth-order valence-corrected chi connectivity index (χ4v) is 22.0. The molecule has 0 spiro atoms. The van der Waals surface area contributed by atoms with E-state index in [1.165, 1.54) is 83.9 Å². The number of rotatable bonds is 30. The molecule has 6 saturated heterocycles. The Morgan fingerprint density at radius 3 is 1.19 bits per heavy atom. The zero-order chi connectivity index (χ0) is 105. The van der Waals surface area contributed by atoms with Gasteiger partial charge in [0, 0.05) is 149 Å². The number of H-pyrrole nitrogens is 4. The Balaban J connectivity index is 0.000000142. The van der Waals surface area contributed by atoms with Gasteiger partial charge in [-0.1, -0.05) is 64.6 Å². The molecule has 43 heteroatoms. The lowest BCUT2D eigenvalue weighted by Gasteiger charge is -2.33. The molecule has 4 aromatic carbocycles. The lowest BCUT2D eigenvalue weighted by molar-refractivity contribution is -0.133. The van der Waals surface area contributed by atoms with E-state index in [1.54, 1.807) is 60.7 Å². The van der Waals surface area contributed by atoms with Crippen LogP contribution in [0, 0.1) is 80.9 Å². The highest BCUT2D eigenvalue weighted by atomic mass is 35.5. The van der Waals surface area contributed by atoms with Crippen LogP contribution in [-0.4, -0.2) is 239 Å². The number of carbonyl (C=O) groups is 3. The van der Waals surface area contributed by atoms with Crippen LogP contribution >= 0.6 is 46.4 Å². The Bertz CT molecular complexity index is 6930. The molecule has 0 unspecified atom stereocenters. The summed E-state index contributed by atoms with van der Waals surface area (Å²) in [6, 6.07) is 26.1. The summed E-state index contributed by atoms with van der Waals surface area (Å²) in [7, 11) is -3.59. The number of aromatic amines is 4. The molecule has 149 heavy (non-hydrogen) atoms. The van der Waals surface area contributed by atoms with Crippen LogP contribution in [0.2, 0.25) is 20.1 Å². The Kier molecular flexibility index (Phi) is 36.8. The van der Waals surface area contributed by atoms with Gasteiger partial charge in [0.25, 0.3) is 0 Å². The van der Waals surface area contributed by atoms with Crippen LogP contribution in [-0.2, 0) is 30.8 Å². The number of hydrogen-bond donors (Lipinski definition) is 11. The largest absolute Gasteiger partial charge is 0.450 e. The summed E-state index contributed by atoms with van der Waals surface area (Å²) in [4.78, 5) is 87.4. The normalized spacial score (nSPS) is 15.7. The van der Waals surface area contributed by atoms with Gasteiger partial charge in [0.2, 0.25) is 39.7 Å². The molecular weight excluding hydrogens is 2000 g/mol. The number of aromatic nitrogens is 17. The second-order valence-electron chi connectivity index (χ2n) is 39.1. The molecule has 0 aliphatic carbocycles. The monoisotopic (exact) mass is 2130 g/mol. The quantitative estimate of drug-likeness (QED) is 0.0199. The summed E-state index contributed by atoms with van der Waals surface area (Å²) >= 11 is 25.1. The van der Waals surface area contributed by atoms with E-state index in [9.17, 15) is 22.8 Å². The lowest BCUT2D eigenvalue weighted by Crippen LogP contribution is -2.39. The van der Waals surface area contributed by atoms with E-state index in [2.05, 4.69) is 194 Å². The van der Waals surface area contributed by atoms with Crippen LogP contribution in [0.5, 0.6) is 0 Å². The standard InChI is InChI=1S/C29H39ClN8O.C28H37ClN8O.C26H27ClFN7O2S.C23H27ClFN7O2/c1-19-16-25(32-29-31-18-24(30)28(34-29)33-26-17-21(3)35-36-26)20(2)15-23(19)22-8-13-38(14-9-22)27(39)7-6-12-37-10-4-5-11-37;1-18-15-24(31-28-30-17-23(29)27(33-28)32-25-16-20(3)34-35-25)19(2)14-22(18)21-6-12-37(13-7-21)26(38)8-11-36-9-4-5-10-36;1-16-10-19(12-24-30-15-22(27)26(31-24)32-25-11-17(2)33-34-25)23(28)13-21(16)18-5-8-35(9-6-18)38(36,37)20-4-3-7-29-14-20;1-4-34-23(33)32-7-5-15(6-8-32)16-11-18(25)19(9-13(16)2)27-22-26-12-17(24)21(29-22)28-20-10-14(3)30-31-20/h15-18,22H,4-14H2,1-3H3,(H3,31,32,33,34,35,36);14-17,21H,4-13H2,1-3H3,(H3,30,31,32,33,34,35);3-4,7,10-11,13-15,18H,5-6,8-9,12H2,1-2H3,(H2,30,31,32,33,34);9-12,15H,4-8H2,1-3H3,(H3,26,27,28,29,30,31). The molecule has 0 atom stereocenters. The number of sulfonamides is 1. The number of pyridine rings is 1. The zero-order valence-corrected chi connectivity index (χ0v) is 89.7. The van der Waals surface area contributed by atoms with E-state index in [1.807, 2.05) is 71.9 Å². The first-order valence-electron chi connectivity index (χ1n) is 50.9. The van der Waals surface area contributed by atoms with Crippen molar-refractivity contribution in [1.29, 1.82) is 0 Å². The first kappa shape index (κ1) is 109. The van der Waals surface area contributed by atoms with Crippen molar-refractivity contribution in [2.24, 2.45) is 0 Å². The number of carbonyl (C=O) groups excluding carboxylic acids is 3. The Labute approximate surface area is 887 Å². The molecule has 0 bridgehead atoms. The molecule has 15 heterocycles. The molecule has 0 saturated carbocycles. The average Bonchev–Trinajstić information content (AvgIpc) is 1.56. The van der Waals surface area contributed by atoms with Gasteiger partial charge in [0.05, 0.1) is 37.1 Å². The third-order valence-corrected chi connectivity index (χ3v) is 31.0. The maximum absolute atomic E-state index is 15.3. The first-order chi connectivity index (χ1) is 71.7. The fourth-order valence-electron chi connectivity index (χ4n) is 20.0. The van der Waals surface area contributed by atoms with Crippen molar-refractivity contribution in [3.8, 4) is 0 Å². The molecule has 6 fully saturated rings. The van der Waals surface area contributed by atoms with Crippen molar-refractivity contribution in [3.63, 3.8) is 0 Å². The molecule has 3 amide bonds. The molecule has 0 radical (unpaired) electrons. The number of nitrogens with one attached hydrogen (secondary N) is 11. The van der Waals surface area contributed by atoms with Crippen LogP contribution in [0.15, 0.2) is 127 Å². The van der Waals surface area contributed by atoms with Gasteiger partial charge in [-0.3, -0.25) is 35.0 Å². The number of ether oxygens (including phenoxy) is 1. The van der Waals surface area contributed by atoms with Crippen molar-refractivity contribution in [2.45, 2.75) is 207 Å². The lowest BCUT2D eigenvalue weighted by atomic mass is 9.85. The Morgan fingerprint density at radius 2 is 0.779 bits per heavy atom. The summed E-state index contributed by atoms with van der Waals surface area (Å²) in [5.74, 6) is 6.74. The van der Waals surface area contributed by atoms with Crippen molar-refractivity contribution in [1.82, 2.24) is 114 Å². The van der Waals surface area contributed by atoms with E-state index >= 15 is 8.78 Å². The number of benzene rings is 4. The van der Waals surface area contributed by atoms with Gasteiger partial charge in [-0.15, -0.1) is 0 Å². The van der Waals surface area contributed by atoms with Gasteiger partial charge in [0.15, 0.2) is 46.5 Å². The fraction of sp³-hybridized carbons (Fsp3) is 0.434. The summed E-state index contributed by atoms with van der Waals surface area (Å²) in [6.07, 6.45) is 23.1. The highest BCUT2D eigenvalue weighted by Gasteiger charge is 2.35. The Hall–Kier alpha value is -13.2. The predicted octanol–water partition coefficient (Wildman–Crippen LogP) is 21.6. The third kappa shape index (κ3) is 28.9. The first-order valence-corrected chi connectivity index (χ1v) is 53.9. The molecular formula is C106H130Cl4F2N30O6S. The van der Waals surface area contributed by atoms with E-state index in [-0.39, 0.29) is 46.7 Å². The van der Waals surface area contributed by atoms with Crippen LogP contribution in [0.3, 0.4) is 0 Å². The molecule has 6 aliphatic heterocycles. The highest BCUT2D eigenvalue weighted by Crippen LogP contribution is 2.42. The number of halogens is 6. The van der Waals surface area contributed by atoms with E-state index < -0.39 is 15.8 Å². The summed E-state index contributed by atoms with van der Waals surface area (Å²) in [5, 5.41) is 51.6. The molecule has 788 valence electrons. The zero-order valence-electron chi connectivity index (χ0n) is 85.9. The van der Waals surface area contributed by atoms with Gasteiger partial charge >= 0.3 is 6.09 Å². The second-order valence-corrected chi connectivity index (χ2v) is 42.6. The molecule has 36 nitrogen and oxygen atoms in total. The number of nitrogens with zero attached hydrogens (tertiary/aromatic N) is 19. The summed E-state index contributed by atoms with van der Waals surface area (Å²) in [6.45, 7) is 34.1. The van der Waals surface area contributed by atoms with Gasteiger partial charge in [-0.25, -0.2) is 46.9 Å². The number of amides is 3. The topological polar surface area (TPSA) is 429 Å². The van der Waals surface area contributed by atoms with E-state index in [0.29, 0.717) is 172 Å². The van der Waals surface area contributed by atoms with Crippen molar-refractivity contribution in [3.05, 3.63) is 244 Å². The maximum atomic E-state index is 15.3. The average molecular weight is 2130 g/mol. The molecule has 9 aromatic heterocycles. The maximum Gasteiger partial charge on any atom is 0.409 e. The van der Waals surface area contributed by atoms with Crippen molar-refractivity contribution < 1.29 is 36.3 Å². The number of anilines is 14. The van der Waals surface area contributed by atoms with Crippen LogP contribution in [0.25, 0.3) is 0 Å². The summed E-state index contributed by atoms with van der Waals surface area (Å²) < 4.78 is 62.7. The van der Waals surface area contributed by atoms with Crippen LogP contribution in [0.4, 0.5) is 95.0 Å². The Morgan fingerprint density at radius 1 is 0.409 bits per heavy atom. The smallest absolute Gasteiger partial charge is 0.409 e. The molecule has 11 N–H and O–H groups in total. The van der Waals surface area contributed by atoms with Gasteiger partial charge < -0.3 is 66.5 Å². The minimum atomic E-state index is -3.59. The molecule has 6 aliphatic rings. The van der Waals surface area contributed by atoms with Gasteiger partial charge in [0.1, 0.15) is 42.4 Å². The highest BCUT2D eigenvalue weighted by molar-refractivity contribution is 7.89. The van der Waals surface area contributed by atoms with Crippen molar-refractivity contribution in [2.75, 3.05) is 135 Å². The number of hydrogen-bond acceptors (Lipinski definition) is 28. The number of piperidine rings is 4. The minimum absolute atomic E-state index is 0.0683. The molecule has 13 aromatic rings. The van der Waals surface area contributed by atoms with E-state index in [0.717, 1.165) is 165 Å². The van der Waals surface area contributed by atoms with Crippen molar-refractivity contribution >= 4 is 156 Å². The van der Waals surface area contributed by atoms with Gasteiger partial charge in [-0.05, 0) is 320 Å². The van der Waals surface area contributed by atoms with Crippen LogP contribution in [0.1, 0.15) is 217 Å². The SMILES string of the molecule is CCOC(=O)N1CCC(c2cc(F)c(Nc3ncc(Cl)c(Nc4cc(C)[nH]n4)n3)cc2C)CC1.Cc1cc(Nc2nc(Cc3cc(C)c(C4CCN(S(=O)(=O)c5cccnc5)CC4)cc3F)ncc2Cl)n[nH]1.Cc1cc(Nc2nc(Nc3cc(C)c(C4CCN(C(=O)CCCN5CCCC5)CC4)cc3C)ncc2Cl)n[nH]1.Cc1cc(Nc2nc(Nc3cc(C)c(C4CCN(C(=O)CCN5CCCC5)CC4)cc3C)ncc2Cl)n[nH]1. The minimum Gasteiger partial charge on any atom is -0.450 e. The van der Waals surface area contributed by atoms with Crippen LogP contribution < -0.4 is 37.2 Å². The number of likely N-dealkylation sites (tertiary alicyclic amines) is 5. The molecule has 19 rings (SSSR count).